The summed E-state index contributed by atoms with van der Waals surface area (Å²) in [6.45, 7) is 4.20. The summed E-state index contributed by atoms with van der Waals surface area (Å²) in [4.78, 5) is 21.9. The third-order valence-corrected chi connectivity index (χ3v) is 3.07. The van der Waals surface area contributed by atoms with Gasteiger partial charge in [0.1, 0.15) is 11.6 Å². The van der Waals surface area contributed by atoms with Gasteiger partial charge in [0.15, 0.2) is 0 Å². The number of nitrogen functional groups attached to an aromatic ring is 1. The van der Waals surface area contributed by atoms with Crippen LogP contribution in [-0.2, 0) is 11.3 Å². The zero-order valence-electron chi connectivity index (χ0n) is 11.2. The lowest BCUT2D eigenvalue weighted by Gasteiger charge is -2.15. The topological polar surface area (TPSA) is 93.4 Å². The van der Waals surface area contributed by atoms with E-state index in [9.17, 15) is 4.79 Å². The fraction of sp³-hybridized carbons (Fsp3) is 0.583. The molecule has 19 heavy (non-hydrogen) atoms. The number of carbonyl (C=O) groups is 1. The van der Waals surface area contributed by atoms with Crippen molar-refractivity contribution in [2.24, 2.45) is 0 Å². The number of hydrogen-bond donors (Lipinski definition) is 2. The highest BCUT2D eigenvalue weighted by atomic mass is 16.5. The van der Waals surface area contributed by atoms with Crippen LogP contribution in [0.3, 0.4) is 0 Å². The van der Waals surface area contributed by atoms with E-state index in [0.717, 1.165) is 31.0 Å². The van der Waals surface area contributed by atoms with Gasteiger partial charge in [-0.25, -0.2) is 14.8 Å². The van der Waals surface area contributed by atoms with Gasteiger partial charge in [-0.15, -0.1) is 0 Å². The SMILES string of the molecule is COC(=O)NC1CCN(Cc2nc(C)cc(N)n2)C1. The minimum atomic E-state index is -0.386. The van der Waals surface area contributed by atoms with Crippen molar-refractivity contribution < 1.29 is 9.53 Å². The molecule has 1 aliphatic rings. The molecule has 1 aromatic heterocycles. The number of carbonyl (C=O) groups excluding carboxylic acids is 1. The Hall–Kier alpha value is -1.89. The van der Waals surface area contributed by atoms with Gasteiger partial charge in [0, 0.05) is 30.9 Å². The lowest BCUT2D eigenvalue weighted by Crippen LogP contribution is -2.36. The van der Waals surface area contributed by atoms with Crippen molar-refractivity contribution in [2.45, 2.75) is 25.9 Å². The molecule has 7 nitrogen and oxygen atoms in total. The maximum atomic E-state index is 11.1. The molecule has 1 fully saturated rings. The Morgan fingerprint density at radius 1 is 1.63 bits per heavy atom. The summed E-state index contributed by atoms with van der Waals surface area (Å²) in [5.74, 6) is 1.21. The van der Waals surface area contributed by atoms with Crippen molar-refractivity contribution in [1.29, 1.82) is 0 Å². The standard InChI is InChI=1S/C12H19N5O2/c1-8-5-10(13)16-11(14-8)7-17-4-3-9(6-17)15-12(18)19-2/h5,9H,3-4,6-7H2,1-2H3,(H,15,18)(H2,13,14,16). The van der Waals surface area contributed by atoms with Gasteiger partial charge in [0.2, 0.25) is 0 Å². The van der Waals surface area contributed by atoms with Crippen molar-refractivity contribution in [3.63, 3.8) is 0 Å². The molecule has 0 aliphatic carbocycles. The number of methoxy groups -OCH3 is 1. The molecule has 1 atom stereocenters. The number of nitrogens with two attached hydrogens (primary N) is 1. The lowest BCUT2D eigenvalue weighted by atomic mass is 10.3. The molecule has 7 heteroatoms. The third kappa shape index (κ3) is 3.78. The first-order valence-corrected chi connectivity index (χ1v) is 6.23. The number of likely N-dealkylation sites (tertiary alicyclic amines) is 1. The van der Waals surface area contributed by atoms with Gasteiger partial charge in [-0.05, 0) is 13.3 Å². The van der Waals surface area contributed by atoms with Crippen LogP contribution < -0.4 is 11.1 Å². The van der Waals surface area contributed by atoms with E-state index in [4.69, 9.17) is 5.73 Å². The average molecular weight is 265 g/mol. The van der Waals surface area contributed by atoms with Crippen molar-refractivity contribution in [3.05, 3.63) is 17.6 Å². The van der Waals surface area contributed by atoms with Crippen LogP contribution in [0, 0.1) is 6.92 Å². The van der Waals surface area contributed by atoms with Crippen molar-refractivity contribution in [2.75, 3.05) is 25.9 Å². The van der Waals surface area contributed by atoms with Crippen molar-refractivity contribution in [1.82, 2.24) is 20.2 Å². The Bertz CT molecular complexity index is 445. The summed E-state index contributed by atoms with van der Waals surface area (Å²) in [7, 11) is 1.37. The molecule has 1 saturated heterocycles. The van der Waals surface area contributed by atoms with Crippen LogP contribution >= 0.6 is 0 Å². The summed E-state index contributed by atoms with van der Waals surface area (Å²) in [6.07, 6.45) is 0.513. The molecule has 3 N–H and O–H groups in total. The molecule has 2 heterocycles. The van der Waals surface area contributed by atoms with Gasteiger partial charge in [0.25, 0.3) is 0 Å². The smallest absolute Gasteiger partial charge is 0.407 e. The molecule has 2 rings (SSSR count). The zero-order chi connectivity index (χ0) is 13.8. The maximum Gasteiger partial charge on any atom is 0.407 e. The Balaban J connectivity index is 1.89. The molecule has 1 aromatic rings. The zero-order valence-corrected chi connectivity index (χ0v) is 11.2. The van der Waals surface area contributed by atoms with E-state index in [0.29, 0.717) is 12.4 Å². The number of amides is 1. The molecule has 1 unspecified atom stereocenters. The first-order valence-electron chi connectivity index (χ1n) is 6.23. The van der Waals surface area contributed by atoms with E-state index in [1.54, 1.807) is 6.07 Å². The average Bonchev–Trinajstić information content (AvgIpc) is 2.74. The maximum absolute atomic E-state index is 11.1. The second-order valence-electron chi connectivity index (χ2n) is 4.71. The summed E-state index contributed by atoms with van der Waals surface area (Å²) in [6, 6.07) is 1.87. The number of ether oxygens (including phenoxy) is 1. The Morgan fingerprint density at radius 3 is 3.11 bits per heavy atom. The van der Waals surface area contributed by atoms with Crippen LogP contribution in [0.5, 0.6) is 0 Å². The fourth-order valence-corrected chi connectivity index (χ4v) is 2.25. The summed E-state index contributed by atoms with van der Waals surface area (Å²) in [5.41, 5.74) is 6.57. The van der Waals surface area contributed by atoms with Gasteiger partial charge in [-0.1, -0.05) is 0 Å². The highest BCUT2D eigenvalue weighted by Gasteiger charge is 2.24. The number of aromatic nitrogens is 2. The predicted octanol–water partition coefficient (Wildman–Crippen LogP) is 0.298. The highest BCUT2D eigenvalue weighted by Crippen LogP contribution is 2.13. The van der Waals surface area contributed by atoms with Crippen LogP contribution in [-0.4, -0.2) is 47.2 Å². The minimum Gasteiger partial charge on any atom is -0.453 e. The molecule has 104 valence electrons. The van der Waals surface area contributed by atoms with E-state index in [1.807, 2.05) is 6.92 Å². The van der Waals surface area contributed by atoms with E-state index in [2.05, 4.69) is 24.9 Å². The lowest BCUT2D eigenvalue weighted by molar-refractivity contribution is 0.166. The summed E-state index contributed by atoms with van der Waals surface area (Å²) < 4.78 is 4.59. The first-order chi connectivity index (χ1) is 9.06. The molecule has 1 amide bonds. The van der Waals surface area contributed by atoms with Gasteiger partial charge in [-0.3, -0.25) is 4.90 Å². The van der Waals surface area contributed by atoms with E-state index in [1.165, 1.54) is 7.11 Å². The number of nitrogens with one attached hydrogen (secondary N) is 1. The quantitative estimate of drug-likeness (QED) is 0.816. The fourth-order valence-electron chi connectivity index (χ4n) is 2.25. The van der Waals surface area contributed by atoms with Crippen LogP contribution in [0.4, 0.5) is 10.6 Å². The molecule has 0 bridgehead atoms. The van der Waals surface area contributed by atoms with Crippen LogP contribution in [0.1, 0.15) is 17.9 Å². The van der Waals surface area contributed by atoms with E-state index in [-0.39, 0.29) is 12.1 Å². The molecular weight excluding hydrogens is 246 g/mol. The Labute approximate surface area is 112 Å². The van der Waals surface area contributed by atoms with Gasteiger partial charge >= 0.3 is 6.09 Å². The van der Waals surface area contributed by atoms with E-state index >= 15 is 0 Å². The van der Waals surface area contributed by atoms with Gasteiger partial charge < -0.3 is 15.8 Å². The summed E-state index contributed by atoms with van der Waals surface area (Å²) in [5, 5.41) is 2.80. The Kier molecular flexibility index (Phi) is 4.16. The van der Waals surface area contributed by atoms with Gasteiger partial charge in [0.05, 0.1) is 13.7 Å². The predicted molar refractivity (Wildman–Crippen MR) is 70.4 cm³/mol. The monoisotopic (exact) mass is 265 g/mol. The number of hydrogen-bond acceptors (Lipinski definition) is 6. The van der Waals surface area contributed by atoms with Crippen LogP contribution in [0.2, 0.25) is 0 Å². The molecule has 0 spiro atoms. The van der Waals surface area contributed by atoms with Crippen LogP contribution in [0.15, 0.2) is 6.07 Å². The normalized spacial score (nSPS) is 19.4. The highest BCUT2D eigenvalue weighted by molar-refractivity contribution is 5.67. The second kappa shape index (κ2) is 5.83. The van der Waals surface area contributed by atoms with Crippen LogP contribution in [0.25, 0.3) is 0 Å². The Morgan fingerprint density at radius 2 is 2.42 bits per heavy atom. The number of rotatable bonds is 3. The number of aryl methyl sites for hydroxylation is 1. The minimum absolute atomic E-state index is 0.120. The molecule has 0 aromatic carbocycles. The number of alkyl carbamates (subject to hydrolysis) is 1. The molecular formula is C12H19N5O2. The number of nitrogens with zero attached hydrogens (tertiary/aromatic N) is 3. The summed E-state index contributed by atoms with van der Waals surface area (Å²) >= 11 is 0. The molecule has 0 saturated carbocycles. The first kappa shape index (κ1) is 13.5. The largest absolute Gasteiger partial charge is 0.453 e. The van der Waals surface area contributed by atoms with Crippen molar-refractivity contribution in [3.8, 4) is 0 Å². The molecule has 1 aliphatic heterocycles. The van der Waals surface area contributed by atoms with E-state index < -0.39 is 0 Å². The van der Waals surface area contributed by atoms with Crippen molar-refractivity contribution >= 4 is 11.9 Å². The number of anilines is 1. The second-order valence-corrected chi connectivity index (χ2v) is 4.71. The molecule has 0 radical (unpaired) electrons. The third-order valence-electron chi connectivity index (χ3n) is 3.07. The van der Waals surface area contributed by atoms with Gasteiger partial charge in [-0.2, -0.15) is 0 Å².